The fourth-order valence-electron chi connectivity index (χ4n) is 1.89. The lowest BCUT2D eigenvalue weighted by atomic mass is 10.2. The summed E-state index contributed by atoms with van der Waals surface area (Å²) in [5, 5.41) is 9.84. The highest BCUT2D eigenvalue weighted by Gasteiger charge is 2.25. The second-order valence-electron chi connectivity index (χ2n) is 3.48. The second-order valence-corrected chi connectivity index (χ2v) is 3.89. The summed E-state index contributed by atoms with van der Waals surface area (Å²) in [6.07, 6.45) is 3.84. The molecule has 76 valence electrons. The summed E-state index contributed by atoms with van der Waals surface area (Å²) in [6, 6.07) is 3.83. The van der Waals surface area contributed by atoms with Crippen molar-refractivity contribution in [1.29, 1.82) is 0 Å². The SMILES string of the molecule is OC[C@H]1CCCN1c1ncccc1Cl. The van der Waals surface area contributed by atoms with E-state index in [4.69, 9.17) is 11.6 Å². The van der Waals surface area contributed by atoms with Crippen LogP contribution in [0.1, 0.15) is 12.8 Å². The molecule has 2 heterocycles. The number of pyridine rings is 1. The van der Waals surface area contributed by atoms with Gasteiger partial charge in [0.2, 0.25) is 0 Å². The average molecular weight is 213 g/mol. The zero-order valence-corrected chi connectivity index (χ0v) is 8.61. The van der Waals surface area contributed by atoms with E-state index in [1.54, 1.807) is 6.20 Å². The molecular weight excluding hydrogens is 200 g/mol. The maximum absolute atomic E-state index is 9.18. The summed E-state index contributed by atoms with van der Waals surface area (Å²) in [5.41, 5.74) is 0. The standard InChI is InChI=1S/C10H13ClN2O/c11-9-4-1-5-12-10(9)13-6-2-3-8(13)7-14/h1,4-5,8,14H,2-3,6-7H2/t8-/m1/s1. The zero-order chi connectivity index (χ0) is 9.97. The molecule has 0 unspecified atom stereocenters. The maximum atomic E-state index is 9.18. The predicted molar refractivity (Wildman–Crippen MR) is 56.7 cm³/mol. The quantitative estimate of drug-likeness (QED) is 0.811. The molecule has 1 fully saturated rings. The summed E-state index contributed by atoms with van der Waals surface area (Å²) < 4.78 is 0. The topological polar surface area (TPSA) is 36.4 Å². The Kier molecular flexibility index (Phi) is 2.89. The molecule has 0 radical (unpaired) electrons. The first-order chi connectivity index (χ1) is 6.83. The lowest BCUT2D eigenvalue weighted by molar-refractivity contribution is 0.266. The molecule has 14 heavy (non-hydrogen) atoms. The van der Waals surface area contributed by atoms with Crippen molar-refractivity contribution in [2.24, 2.45) is 0 Å². The zero-order valence-electron chi connectivity index (χ0n) is 7.86. The third-order valence-electron chi connectivity index (χ3n) is 2.60. The van der Waals surface area contributed by atoms with Crippen molar-refractivity contribution in [2.45, 2.75) is 18.9 Å². The van der Waals surface area contributed by atoms with Crippen molar-refractivity contribution in [3.05, 3.63) is 23.4 Å². The molecule has 0 saturated carbocycles. The number of anilines is 1. The Morgan fingerprint density at radius 1 is 1.64 bits per heavy atom. The van der Waals surface area contributed by atoms with E-state index < -0.39 is 0 Å². The van der Waals surface area contributed by atoms with E-state index in [2.05, 4.69) is 9.88 Å². The number of aromatic nitrogens is 1. The smallest absolute Gasteiger partial charge is 0.147 e. The molecule has 1 atom stereocenters. The molecule has 3 nitrogen and oxygen atoms in total. The van der Waals surface area contributed by atoms with Gasteiger partial charge in [-0.2, -0.15) is 0 Å². The molecule has 0 spiro atoms. The Bertz CT molecular complexity index is 319. The van der Waals surface area contributed by atoms with E-state index in [9.17, 15) is 5.11 Å². The minimum atomic E-state index is 0.174. The van der Waals surface area contributed by atoms with Gasteiger partial charge in [-0.3, -0.25) is 0 Å². The fourth-order valence-corrected chi connectivity index (χ4v) is 2.12. The van der Waals surface area contributed by atoms with Gasteiger partial charge in [0, 0.05) is 12.7 Å². The van der Waals surface area contributed by atoms with E-state index in [1.165, 1.54) is 0 Å². The van der Waals surface area contributed by atoms with Crippen LogP contribution in [0.2, 0.25) is 5.02 Å². The highest BCUT2D eigenvalue weighted by molar-refractivity contribution is 6.32. The van der Waals surface area contributed by atoms with E-state index in [1.807, 2.05) is 12.1 Å². The van der Waals surface area contributed by atoms with Crippen LogP contribution in [0.25, 0.3) is 0 Å². The number of aliphatic hydroxyl groups excluding tert-OH is 1. The summed E-state index contributed by atoms with van der Waals surface area (Å²) >= 11 is 6.04. The minimum absolute atomic E-state index is 0.174. The van der Waals surface area contributed by atoms with Crippen molar-refractivity contribution in [1.82, 2.24) is 4.98 Å². The maximum Gasteiger partial charge on any atom is 0.147 e. The monoisotopic (exact) mass is 212 g/mol. The molecule has 1 aromatic rings. The third-order valence-corrected chi connectivity index (χ3v) is 2.89. The molecule has 1 N–H and O–H groups in total. The van der Waals surface area contributed by atoms with Crippen LogP contribution in [-0.4, -0.2) is 29.3 Å². The first-order valence-corrected chi connectivity index (χ1v) is 5.18. The third kappa shape index (κ3) is 1.70. The highest BCUT2D eigenvalue weighted by Crippen LogP contribution is 2.29. The van der Waals surface area contributed by atoms with Crippen molar-refractivity contribution in [3.8, 4) is 0 Å². The molecular formula is C10H13ClN2O. The van der Waals surface area contributed by atoms with Crippen LogP contribution in [0.3, 0.4) is 0 Å². The lowest BCUT2D eigenvalue weighted by Crippen LogP contribution is -2.32. The Balaban J connectivity index is 2.26. The number of aliphatic hydroxyl groups is 1. The first-order valence-electron chi connectivity index (χ1n) is 4.81. The van der Waals surface area contributed by atoms with E-state index in [0.29, 0.717) is 5.02 Å². The second kappa shape index (κ2) is 4.15. The molecule has 0 aliphatic carbocycles. The van der Waals surface area contributed by atoms with Crippen LogP contribution in [0.5, 0.6) is 0 Å². The number of rotatable bonds is 2. The van der Waals surface area contributed by atoms with Gasteiger partial charge in [-0.1, -0.05) is 11.6 Å². The highest BCUT2D eigenvalue weighted by atomic mass is 35.5. The fraction of sp³-hybridized carbons (Fsp3) is 0.500. The van der Waals surface area contributed by atoms with Gasteiger partial charge in [-0.25, -0.2) is 4.98 Å². The molecule has 1 saturated heterocycles. The summed E-state index contributed by atoms with van der Waals surface area (Å²) in [5.74, 6) is 0.797. The molecule has 2 rings (SSSR count). The average Bonchev–Trinajstić information content (AvgIpc) is 2.66. The van der Waals surface area contributed by atoms with E-state index in [0.717, 1.165) is 25.2 Å². The molecule has 0 aromatic carbocycles. The van der Waals surface area contributed by atoms with Gasteiger partial charge >= 0.3 is 0 Å². The van der Waals surface area contributed by atoms with Crippen molar-refractivity contribution >= 4 is 17.4 Å². The van der Waals surface area contributed by atoms with Crippen LogP contribution >= 0.6 is 11.6 Å². The van der Waals surface area contributed by atoms with E-state index >= 15 is 0 Å². The van der Waals surface area contributed by atoms with Gasteiger partial charge < -0.3 is 10.0 Å². The van der Waals surface area contributed by atoms with Crippen LogP contribution in [-0.2, 0) is 0 Å². The first kappa shape index (κ1) is 9.74. The lowest BCUT2D eigenvalue weighted by Gasteiger charge is -2.24. The number of halogens is 1. The van der Waals surface area contributed by atoms with Gasteiger partial charge in [0.05, 0.1) is 17.7 Å². The van der Waals surface area contributed by atoms with Crippen LogP contribution in [0.15, 0.2) is 18.3 Å². The van der Waals surface area contributed by atoms with Crippen molar-refractivity contribution in [2.75, 3.05) is 18.1 Å². The summed E-state index contributed by atoms with van der Waals surface area (Å²) in [4.78, 5) is 6.33. The van der Waals surface area contributed by atoms with Crippen molar-refractivity contribution < 1.29 is 5.11 Å². The van der Waals surface area contributed by atoms with Gasteiger partial charge in [-0.05, 0) is 25.0 Å². The Hall–Kier alpha value is -0.800. The van der Waals surface area contributed by atoms with Gasteiger partial charge in [-0.15, -0.1) is 0 Å². The van der Waals surface area contributed by atoms with Gasteiger partial charge in [0.25, 0.3) is 0 Å². The Morgan fingerprint density at radius 2 is 2.50 bits per heavy atom. The Labute approximate surface area is 88.3 Å². The predicted octanol–water partition coefficient (Wildman–Crippen LogP) is 1.70. The number of hydrogen-bond donors (Lipinski definition) is 1. The molecule has 1 aliphatic rings. The molecule has 1 aliphatic heterocycles. The Morgan fingerprint density at radius 3 is 3.21 bits per heavy atom. The normalized spacial score (nSPS) is 21.6. The van der Waals surface area contributed by atoms with Crippen LogP contribution in [0.4, 0.5) is 5.82 Å². The van der Waals surface area contributed by atoms with Gasteiger partial charge in [0.15, 0.2) is 0 Å². The van der Waals surface area contributed by atoms with Crippen molar-refractivity contribution in [3.63, 3.8) is 0 Å². The molecule has 4 heteroatoms. The number of hydrogen-bond acceptors (Lipinski definition) is 3. The molecule has 0 amide bonds. The van der Waals surface area contributed by atoms with Crippen LogP contribution < -0.4 is 4.90 Å². The summed E-state index contributed by atoms with van der Waals surface area (Å²) in [6.45, 7) is 1.11. The number of nitrogens with zero attached hydrogens (tertiary/aromatic N) is 2. The summed E-state index contributed by atoms with van der Waals surface area (Å²) in [7, 11) is 0. The molecule has 0 bridgehead atoms. The van der Waals surface area contributed by atoms with Gasteiger partial charge in [0.1, 0.15) is 5.82 Å². The van der Waals surface area contributed by atoms with E-state index in [-0.39, 0.29) is 12.6 Å². The van der Waals surface area contributed by atoms with Crippen LogP contribution in [0, 0.1) is 0 Å². The largest absolute Gasteiger partial charge is 0.394 e. The minimum Gasteiger partial charge on any atom is -0.394 e. The molecule has 1 aromatic heterocycles.